The van der Waals surface area contributed by atoms with Crippen LogP contribution in [0.5, 0.6) is 5.75 Å². The molecule has 1 aromatic carbocycles. The number of rotatable bonds is 4. The van der Waals surface area contributed by atoms with Crippen LogP contribution in [0.4, 0.5) is 13.2 Å². The van der Waals surface area contributed by atoms with Gasteiger partial charge in [-0.05, 0) is 12.5 Å². The zero-order valence-electron chi connectivity index (χ0n) is 10.4. The van der Waals surface area contributed by atoms with Crippen LogP contribution in [0.15, 0.2) is 24.3 Å². The number of carboxylic acid groups (broad SMARTS) is 1. The lowest BCUT2D eigenvalue weighted by Gasteiger charge is -2.08. The molecule has 0 amide bonds. The Morgan fingerprint density at radius 3 is 2.32 bits per heavy atom. The SMILES string of the molecule is CCCOc1ccccc1CN.O=C(O)C(F)(F)F. The highest BCUT2D eigenvalue weighted by Crippen LogP contribution is 2.16. The van der Waals surface area contributed by atoms with E-state index in [0.29, 0.717) is 6.54 Å². The molecule has 7 heteroatoms. The van der Waals surface area contributed by atoms with Gasteiger partial charge in [0.1, 0.15) is 5.75 Å². The van der Waals surface area contributed by atoms with E-state index in [2.05, 4.69) is 6.92 Å². The monoisotopic (exact) mass is 279 g/mol. The molecule has 0 radical (unpaired) electrons. The fourth-order valence-electron chi connectivity index (χ4n) is 1.03. The van der Waals surface area contributed by atoms with Crippen molar-refractivity contribution in [2.75, 3.05) is 6.61 Å². The van der Waals surface area contributed by atoms with E-state index in [1.54, 1.807) is 0 Å². The minimum atomic E-state index is -5.08. The van der Waals surface area contributed by atoms with Crippen molar-refractivity contribution >= 4 is 5.97 Å². The van der Waals surface area contributed by atoms with Gasteiger partial charge in [0.15, 0.2) is 0 Å². The molecule has 3 N–H and O–H groups in total. The summed E-state index contributed by atoms with van der Waals surface area (Å²) < 4.78 is 37.2. The summed E-state index contributed by atoms with van der Waals surface area (Å²) in [4.78, 5) is 8.90. The van der Waals surface area contributed by atoms with Crippen molar-refractivity contribution in [2.45, 2.75) is 26.1 Å². The predicted molar refractivity (Wildman–Crippen MR) is 63.8 cm³/mol. The summed E-state index contributed by atoms with van der Waals surface area (Å²) in [7, 11) is 0. The van der Waals surface area contributed by atoms with Crippen LogP contribution >= 0.6 is 0 Å². The molecule has 1 rings (SSSR count). The van der Waals surface area contributed by atoms with Crippen LogP contribution < -0.4 is 10.5 Å². The summed E-state index contributed by atoms with van der Waals surface area (Å²) in [6, 6.07) is 7.88. The molecule has 0 bridgehead atoms. The fraction of sp³-hybridized carbons (Fsp3) is 0.417. The predicted octanol–water partition coefficient (Wildman–Crippen LogP) is 2.57. The lowest BCUT2D eigenvalue weighted by atomic mass is 10.2. The molecule has 0 aromatic heterocycles. The number of ether oxygens (including phenoxy) is 1. The van der Waals surface area contributed by atoms with Crippen molar-refractivity contribution in [2.24, 2.45) is 5.73 Å². The van der Waals surface area contributed by atoms with Gasteiger partial charge in [0, 0.05) is 12.1 Å². The number of halogens is 3. The molecule has 0 unspecified atom stereocenters. The number of para-hydroxylation sites is 1. The molecule has 0 spiro atoms. The summed E-state index contributed by atoms with van der Waals surface area (Å²) in [6.07, 6.45) is -4.06. The van der Waals surface area contributed by atoms with Gasteiger partial charge in [-0.25, -0.2) is 4.79 Å². The third-order valence-corrected chi connectivity index (χ3v) is 1.90. The molecule has 0 saturated heterocycles. The van der Waals surface area contributed by atoms with Gasteiger partial charge in [0.05, 0.1) is 6.61 Å². The van der Waals surface area contributed by atoms with Gasteiger partial charge in [-0.2, -0.15) is 13.2 Å². The summed E-state index contributed by atoms with van der Waals surface area (Å²) in [5, 5.41) is 7.12. The number of hydrogen-bond donors (Lipinski definition) is 2. The van der Waals surface area contributed by atoms with Crippen LogP contribution in [0.1, 0.15) is 18.9 Å². The average molecular weight is 279 g/mol. The fourth-order valence-corrected chi connectivity index (χ4v) is 1.03. The second-order valence-electron chi connectivity index (χ2n) is 3.46. The largest absolute Gasteiger partial charge is 0.493 e. The average Bonchev–Trinajstić information content (AvgIpc) is 2.36. The molecule has 108 valence electrons. The zero-order valence-corrected chi connectivity index (χ0v) is 10.4. The van der Waals surface area contributed by atoms with Gasteiger partial charge < -0.3 is 15.6 Å². The molecular weight excluding hydrogens is 263 g/mol. The maximum atomic E-state index is 10.6. The number of carboxylic acids is 1. The minimum absolute atomic E-state index is 0.542. The molecule has 4 nitrogen and oxygen atoms in total. The molecule has 0 fully saturated rings. The van der Waals surface area contributed by atoms with Gasteiger partial charge in [-0.1, -0.05) is 25.1 Å². The number of aliphatic carboxylic acids is 1. The van der Waals surface area contributed by atoms with Crippen molar-refractivity contribution in [1.29, 1.82) is 0 Å². The summed E-state index contributed by atoms with van der Waals surface area (Å²) in [5.74, 6) is -1.84. The van der Waals surface area contributed by atoms with E-state index < -0.39 is 12.1 Å². The zero-order chi connectivity index (χ0) is 14.9. The van der Waals surface area contributed by atoms with E-state index in [1.165, 1.54) is 0 Å². The first-order valence-electron chi connectivity index (χ1n) is 5.53. The number of hydrogen-bond acceptors (Lipinski definition) is 3. The summed E-state index contributed by atoms with van der Waals surface area (Å²) >= 11 is 0. The summed E-state index contributed by atoms with van der Waals surface area (Å²) in [6.45, 7) is 3.39. The highest BCUT2D eigenvalue weighted by molar-refractivity contribution is 5.73. The van der Waals surface area contributed by atoms with E-state index in [4.69, 9.17) is 20.4 Å². The van der Waals surface area contributed by atoms with Crippen LogP contribution in [0.3, 0.4) is 0 Å². The second kappa shape index (κ2) is 8.36. The number of nitrogens with two attached hydrogens (primary N) is 1. The molecule has 0 aliphatic heterocycles. The van der Waals surface area contributed by atoms with Crippen molar-refractivity contribution in [1.82, 2.24) is 0 Å². The Hall–Kier alpha value is -1.76. The molecular formula is C12H16F3NO3. The highest BCUT2D eigenvalue weighted by atomic mass is 19.4. The molecule has 0 aliphatic carbocycles. The van der Waals surface area contributed by atoms with Crippen LogP contribution in [-0.4, -0.2) is 23.9 Å². The molecule has 0 saturated carbocycles. The van der Waals surface area contributed by atoms with Crippen molar-refractivity contribution in [3.8, 4) is 5.75 Å². The van der Waals surface area contributed by atoms with E-state index in [0.717, 1.165) is 24.3 Å². The van der Waals surface area contributed by atoms with E-state index in [1.807, 2.05) is 24.3 Å². The maximum Gasteiger partial charge on any atom is 0.490 e. The quantitative estimate of drug-likeness (QED) is 0.888. The molecule has 1 aromatic rings. The Morgan fingerprint density at radius 2 is 1.89 bits per heavy atom. The van der Waals surface area contributed by atoms with Crippen LogP contribution in [0.25, 0.3) is 0 Å². The first kappa shape index (κ1) is 17.2. The third kappa shape index (κ3) is 7.30. The minimum Gasteiger partial charge on any atom is -0.493 e. The van der Waals surface area contributed by atoms with Crippen LogP contribution in [0.2, 0.25) is 0 Å². The molecule has 0 aliphatic rings. The smallest absolute Gasteiger partial charge is 0.490 e. The Morgan fingerprint density at radius 1 is 1.37 bits per heavy atom. The van der Waals surface area contributed by atoms with Crippen LogP contribution in [-0.2, 0) is 11.3 Å². The first-order chi connectivity index (χ1) is 8.82. The van der Waals surface area contributed by atoms with Crippen LogP contribution in [0, 0.1) is 0 Å². The van der Waals surface area contributed by atoms with E-state index >= 15 is 0 Å². The molecule has 19 heavy (non-hydrogen) atoms. The van der Waals surface area contributed by atoms with Crippen molar-refractivity contribution in [3.05, 3.63) is 29.8 Å². The van der Waals surface area contributed by atoms with E-state index in [-0.39, 0.29) is 0 Å². The van der Waals surface area contributed by atoms with Gasteiger partial charge in [0.25, 0.3) is 0 Å². The van der Waals surface area contributed by atoms with Crippen molar-refractivity contribution < 1.29 is 27.8 Å². The molecule has 0 atom stereocenters. The summed E-state index contributed by atoms with van der Waals surface area (Å²) in [5.41, 5.74) is 6.62. The lowest BCUT2D eigenvalue weighted by molar-refractivity contribution is -0.192. The van der Waals surface area contributed by atoms with Gasteiger partial charge in [-0.3, -0.25) is 0 Å². The lowest BCUT2D eigenvalue weighted by Crippen LogP contribution is -2.21. The third-order valence-electron chi connectivity index (χ3n) is 1.90. The number of alkyl halides is 3. The maximum absolute atomic E-state index is 10.6. The van der Waals surface area contributed by atoms with E-state index in [9.17, 15) is 13.2 Å². The Balaban J connectivity index is 0.000000399. The number of carbonyl (C=O) groups is 1. The van der Waals surface area contributed by atoms with Gasteiger partial charge in [0.2, 0.25) is 0 Å². The van der Waals surface area contributed by atoms with Gasteiger partial charge in [-0.15, -0.1) is 0 Å². The number of benzene rings is 1. The Kier molecular flexibility index (Phi) is 7.59. The van der Waals surface area contributed by atoms with Crippen molar-refractivity contribution in [3.63, 3.8) is 0 Å². The van der Waals surface area contributed by atoms with Gasteiger partial charge >= 0.3 is 12.1 Å². The first-order valence-corrected chi connectivity index (χ1v) is 5.53. The topological polar surface area (TPSA) is 72.5 Å². The normalized spacial score (nSPS) is 10.4. The molecule has 0 heterocycles. The Labute approximate surface area is 109 Å². The standard InChI is InChI=1S/C10H15NO.C2HF3O2/c1-2-7-12-10-6-4-3-5-9(10)8-11;3-2(4,5)1(6)7/h3-6H,2,7-8,11H2,1H3;(H,6,7). The Bertz CT molecular complexity index is 394. The highest BCUT2D eigenvalue weighted by Gasteiger charge is 2.38. The second-order valence-corrected chi connectivity index (χ2v) is 3.46.